The van der Waals surface area contributed by atoms with Crippen LogP contribution in [0.5, 0.6) is 5.75 Å². The fraction of sp³-hybridized carbons (Fsp3) is 0.350. The molecular formula is C20H22ClNO2. The number of amides is 1. The van der Waals surface area contributed by atoms with E-state index in [0.717, 1.165) is 28.9 Å². The molecule has 3 rings (SSSR count). The van der Waals surface area contributed by atoms with E-state index in [1.807, 2.05) is 45.0 Å². The van der Waals surface area contributed by atoms with Gasteiger partial charge in [0, 0.05) is 17.0 Å². The Balaban J connectivity index is 1.77. The molecular weight excluding hydrogens is 322 g/mol. The van der Waals surface area contributed by atoms with Crippen LogP contribution in [0.1, 0.15) is 43.0 Å². The molecule has 126 valence electrons. The molecule has 1 N–H and O–H groups in total. The van der Waals surface area contributed by atoms with Gasteiger partial charge in [0.25, 0.3) is 0 Å². The SMILES string of the molecule is Cc1ccc2c(c1)C(NC(=O)Cc1ccc(Cl)cc1)CC(C)(C)O2. The minimum Gasteiger partial charge on any atom is -0.487 e. The largest absolute Gasteiger partial charge is 0.487 e. The van der Waals surface area contributed by atoms with Crippen LogP contribution < -0.4 is 10.1 Å². The van der Waals surface area contributed by atoms with Gasteiger partial charge in [-0.15, -0.1) is 0 Å². The normalized spacial score (nSPS) is 18.4. The van der Waals surface area contributed by atoms with E-state index in [9.17, 15) is 4.79 Å². The smallest absolute Gasteiger partial charge is 0.224 e. The summed E-state index contributed by atoms with van der Waals surface area (Å²) in [5.74, 6) is 0.862. The maximum atomic E-state index is 12.5. The van der Waals surface area contributed by atoms with E-state index in [4.69, 9.17) is 16.3 Å². The summed E-state index contributed by atoms with van der Waals surface area (Å²) in [6.45, 7) is 6.15. The number of nitrogens with one attached hydrogen (secondary N) is 1. The molecule has 0 aliphatic carbocycles. The Kier molecular flexibility index (Phi) is 4.55. The summed E-state index contributed by atoms with van der Waals surface area (Å²) in [4.78, 5) is 12.5. The Hall–Kier alpha value is -2.00. The molecule has 24 heavy (non-hydrogen) atoms. The van der Waals surface area contributed by atoms with E-state index in [-0.39, 0.29) is 17.6 Å². The van der Waals surface area contributed by atoms with Crippen molar-refractivity contribution in [3.8, 4) is 5.75 Å². The van der Waals surface area contributed by atoms with Crippen LogP contribution in [-0.4, -0.2) is 11.5 Å². The van der Waals surface area contributed by atoms with Crippen molar-refractivity contribution in [1.29, 1.82) is 0 Å². The maximum Gasteiger partial charge on any atom is 0.224 e. The summed E-state index contributed by atoms with van der Waals surface area (Å²) in [5, 5.41) is 3.84. The summed E-state index contributed by atoms with van der Waals surface area (Å²) in [6, 6.07) is 13.5. The molecule has 0 spiro atoms. The molecule has 1 aliphatic heterocycles. The highest BCUT2D eigenvalue weighted by molar-refractivity contribution is 6.30. The second kappa shape index (κ2) is 6.48. The number of carbonyl (C=O) groups excluding carboxylic acids is 1. The van der Waals surface area contributed by atoms with Crippen LogP contribution >= 0.6 is 11.6 Å². The molecule has 2 aromatic carbocycles. The maximum absolute atomic E-state index is 12.5. The number of ether oxygens (including phenoxy) is 1. The number of carbonyl (C=O) groups is 1. The van der Waals surface area contributed by atoms with Crippen molar-refractivity contribution in [1.82, 2.24) is 5.32 Å². The molecule has 0 bridgehead atoms. The zero-order valence-corrected chi connectivity index (χ0v) is 15.0. The number of aryl methyl sites for hydroxylation is 1. The molecule has 0 fully saturated rings. The van der Waals surface area contributed by atoms with Gasteiger partial charge in [0.05, 0.1) is 12.5 Å². The van der Waals surface area contributed by atoms with Crippen LogP contribution in [0, 0.1) is 6.92 Å². The molecule has 1 amide bonds. The highest BCUT2D eigenvalue weighted by Gasteiger charge is 2.34. The first-order valence-corrected chi connectivity index (χ1v) is 8.53. The Bertz CT molecular complexity index is 753. The van der Waals surface area contributed by atoms with Gasteiger partial charge >= 0.3 is 0 Å². The third-order valence-corrected chi connectivity index (χ3v) is 4.49. The first kappa shape index (κ1) is 16.8. The highest BCUT2D eigenvalue weighted by Crippen LogP contribution is 2.39. The van der Waals surface area contributed by atoms with Crippen LogP contribution in [0.3, 0.4) is 0 Å². The van der Waals surface area contributed by atoms with Crippen LogP contribution in [0.25, 0.3) is 0 Å². The van der Waals surface area contributed by atoms with Gasteiger partial charge in [-0.05, 0) is 44.5 Å². The summed E-state index contributed by atoms with van der Waals surface area (Å²) < 4.78 is 6.05. The van der Waals surface area contributed by atoms with Crippen LogP contribution in [0.15, 0.2) is 42.5 Å². The lowest BCUT2D eigenvalue weighted by Gasteiger charge is -2.38. The molecule has 1 heterocycles. The minimum absolute atomic E-state index is 0.00692. The molecule has 1 aliphatic rings. The molecule has 3 nitrogen and oxygen atoms in total. The Labute approximate surface area is 148 Å². The molecule has 0 aromatic heterocycles. The first-order chi connectivity index (χ1) is 11.3. The summed E-state index contributed by atoms with van der Waals surface area (Å²) in [7, 11) is 0. The number of fused-ring (bicyclic) bond motifs is 1. The zero-order valence-electron chi connectivity index (χ0n) is 14.2. The van der Waals surface area contributed by atoms with Gasteiger partial charge in [0.15, 0.2) is 0 Å². The average molecular weight is 344 g/mol. The fourth-order valence-corrected chi connectivity index (χ4v) is 3.26. The predicted octanol–water partition coefficient (Wildman–Crippen LogP) is 4.61. The summed E-state index contributed by atoms with van der Waals surface area (Å²) >= 11 is 5.89. The van der Waals surface area contributed by atoms with E-state index in [1.165, 1.54) is 0 Å². The standard InChI is InChI=1S/C20H22ClNO2/c1-13-4-9-18-16(10-13)17(12-20(2,3)24-18)22-19(23)11-14-5-7-15(21)8-6-14/h4-10,17H,11-12H2,1-3H3,(H,22,23). The second-order valence-corrected chi connectivity index (χ2v) is 7.47. The van der Waals surface area contributed by atoms with E-state index < -0.39 is 0 Å². The van der Waals surface area contributed by atoms with Crippen molar-refractivity contribution in [3.63, 3.8) is 0 Å². The van der Waals surface area contributed by atoms with Crippen LogP contribution in [0.2, 0.25) is 5.02 Å². The van der Waals surface area contributed by atoms with E-state index in [2.05, 4.69) is 11.4 Å². The van der Waals surface area contributed by atoms with Gasteiger partial charge in [-0.1, -0.05) is 41.4 Å². The lowest BCUT2D eigenvalue weighted by Crippen LogP contribution is -2.41. The number of halogens is 1. The number of benzene rings is 2. The van der Waals surface area contributed by atoms with Gasteiger partial charge in [0.2, 0.25) is 5.91 Å². The number of hydrogen-bond acceptors (Lipinski definition) is 2. The average Bonchev–Trinajstić information content (AvgIpc) is 2.49. The van der Waals surface area contributed by atoms with Crippen molar-refractivity contribution in [2.75, 3.05) is 0 Å². The van der Waals surface area contributed by atoms with E-state index >= 15 is 0 Å². The van der Waals surface area contributed by atoms with Crippen molar-refractivity contribution in [2.45, 2.75) is 45.3 Å². The summed E-state index contributed by atoms with van der Waals surface area (Å²) in [6.07, 6.45) is 1.09. The minimum atomic E-state index is -0.305. The van der Waals surface area contributed by atoms with Crippen molar-refractivity contribution in [3.05, 3.63) is 64.2 Å². The Morgan fingerprint density at radius 1 is 1.25 bits per heavy atom. The van der Waals surface area contributed by atoms with Crippen molar-refractivity contribution < 1.29 is 9.53 Å². The molecule has 0 saturated heterocycles. The van der Waals surface area contributed by atoms with Crippen LogP contribution in [-0.2, 0) is 11.2 Å². The topological polar surface area (TPSA) is 38.3 Å². The number of rotatable bonds is 3. The monoisotopic (exact) mass is 343 g/mol. The third kappa shape index (κ3) is 3.90. The van der Waals surface area contributed by atoms with E-state index in [0.29, 0.717) is 11.4 Å². The molecule has 0 radical (unpaired) electrons. The molecule has 2 aromatic rings. The van der Waals surface area contributed by atoms with E-state index in [1.54, 1.807) is 12.1 Å². The molecule has 4 heteroatoms. The third-order valence-electron chi connectivity index (χ3n) is 4.24. The zero-order chi connectivity index (χ0) is 17.3. The Morgan fingerprint density at radius 3 is 2.67 bits per heavy atom. The Morgan fingerprint density at radius 2 is 1.96 bits per heavy atom. The highest BCUT2D eigenvalue weighted by atomic mass is 35.5. The van der Waals surface area contributed by atoms with Gasteiger partial charge in [0.1, 0.15) is 11.4 Å². The second-order valence-electron chi connectivity index (χ2n) is 7.03. The molecule has 1 unspecified atom stereocenters. The van der Waals surface area contributed by atoms with Gasteiger partial charge in [-0.2, -0.15) is 0 Å². The lowest BCUT2D eigenvalue weighted by molar-refractivity contribution is -0.121. The fourth-order valence-electron chi connectivity index (χ4n) is 3.14. The van der Waals surface area contributed by atoms with Gasteiger partial charge < -0.3 is 10.1 Å². The van der Waals surface area contributed by atoms with Crippen molar-refractivity contribution in [2.24, 2.45) is 0 Å². The van der Waals surface area contributed by atoms with Crippen LogP contribution in [0.4, 0.5) is 0 Å². The summed E-state index contributed by atoms with van der Waals surface area (Å²) in [5.41, 5.74) is 2.86. The molecule has 0 saturated carbocycles. The lowest BCUT2D eigenvalue weighted by atomic mass is 9.89. The first-order valence-electron chi connectivity index (χ1n) is 8.16. The molecule has 1 atom stereocenters. The predicted molar refractivity (Wildman–Crippen MR) is 96.5 cm³/mol. The van der Waals surface area contributed by atoms with Gasteiger partial charge in [-0.3, -0.25) is 4.79 Å². The van der Waals surface area contributed by atoms with Gasteiger partial charge in [-0.25, -0.2) is 0 Å². The van der Waals surface area contributed by atoms with Crippen molar-refractivity contribution >= 4 is 17.5 Å². The quantitative estimate of drug-likeness (QED) is 0.883. The number of hydrogen-bond donors (Lipinski definition) is 1.